The van der Waals surface area contributed by atoms with E-state index in [0.29, 0.717) is 33.4 Å². The van der Waals surface area contributed by atoms with E-state index in [1.807, 2.05) is 0 Å². The largest absolute Gasteiger partial charge is 0.493 e. The Hall–Kier alpha value is -2.79. The summed E-state index contributed by atoms with van der Waals surface area (Å²) in [6, 6.07) is 4.54. The number of ether oxygens (including phenoxy) is 3. The number of hydrogen-bond acceptors (Lipinski definition) is 7. The van der Waals surface area contributed by atoms with Crippen LogP contribution >= 0.6 is 11.3 Å². The lowest BCUT2D eigenvalue weighted by molar-refractivity contribution is 0.0948. The first kappa shape index (κ1) is 20.5. The highest BCUT2D eigenvalue weighted by Crippen LogP contribution is 2.39. The molecule has 144 valence electrons. The van der Waals surface area contributed by atoms with Gasteiger partial charge in [-0.3, -0.25) is 4.79 Å². The number of rotatable bonds is 8. The zero-order valence-electron chi connectivity index (χ0n) is 16.1. The number of nitrogens with one attached hydrogen (secondary N) is 1. The quantitative estimate of drug-likeness (QED) is 0.743. The van der Waals surface area contributed by atoms with Gasteiger partial charge < -0.3 is 19.5 Å². The minimum Gasteiger partial charge on any atom is -0.493 e. The first-order valence-electron chi connectivity index (χ1n) is 8.45. The van der Waals surface area contributed by atoms with Crippen LogP contribution < -0.4 is 19.5 Å². The van der Waals surface area contributed by atoms with Crippen LogP contribution in [0.15, 0.2) is 12.1 Å². The summed E-state index contributed by atoms with van der Waals surface area (Å²) < 4.78 is 15.9. The highest BCUT2D eigenvalue weighted by atomic mass is 32.1. The van der Waals surface area contributed by atoms with Crippen molar-refractivity contribution in [2.45, 2.75) is 32.7 Å². The number of hydrogen-bond donors (Lipinski definition) is 1. The van der Waals surface area contributed by atoms with Crippen LogP contribution in [0.1, 0.15) is 45.3 Å². The van der Waals surface area contributed by atoms with Gasteiger partial charge in [-0.15, -0.1) is 11.3 Å². The fourth-order valence-corrected chi connectivity index (χ4v) is 3.71. The number of carbonyl (C=O) groups excluding carboxylic acids is 1. The van der Waals surface area contributed by atoms with Gasteiger partial charge >= 0.3 is 0 Å². The first-order chi connectivity index (χ1) is 13.0. The molecule has 0 aliphatic rings. The Morgan fingerprint density at radius 2 is 1.89 bits per heavy atom. The van der Waals surface area contributed by atoms with Crippen molar-refractivity contribution in [3.63, 3.8) is 0 Å². The van der Waals surface area contributed by atoms with Gasteiger partial charge in [-0.2, -0.15) is 5.26 Å². The molecule has 0 saturated carbocycles. The fraction of sp³-hybridized carbons (Fsp3) is 0.421. The average Bonchev–Trinajstić information content (AvgIpc) is 3.05. The number of methoxy groups -OCH3 is 3. The average molecular weight is 389 g/mol. The SMILES string of the molecule is CCCc1nc(C)c(C(=O)NC(C#N)c2cc(OC)c(OC)c(OC)c2)s1. The Bertz CT molecular complexity index is 832. The van der Waals surface area contributed by atoms with Gasteiger partial charge in [0, 0.05) is 0 Å². The van der Waals surface area contributed by atoms with E-state index in [2.05, 4.69) is 23.3 Å². The van der Waals surface area contributed by atoms with E-state index < -0.39 is 6.04 Å². The molecule has 1 amide bonds. The molecule has 27 heavy (non-hydrogen) atoms. The van der Waals surface area contributed by atoms with Crippen LogP contribution in [0.4, 0.5) is 0 Å². The minimum absolute atomic E-state index is 0.326. The van der Waals surface area contributed by atoms with Crippen LogP contribution in [0.5, 0.6) is 17.2 Å². The van der Waals surface area contributed by atoms with E-state index in [9.17, 15) is 10.1 Å². The lowest BCUT2D eigenvalue weighted by Gasteiger charge is -2.17. The standard InChI is InChI=1S/C19H23N3O4S/c1-6-7-16-21-11(2)18(27-16)19(23)22-13(10-20)12-8-14(24-3)17(26-5)15(9-12)25-4/h8-9,13H,6-7H2,1-5H3,(H,22,23). The predicted octanol–water partition coefficient (Wildman–Crippen LogP) is 3.42. The van der Waals surface area contributed by atoms with Crippen LogP contribution in [-0.2, 0) is 6.42 Å². The Morgan fingerprint density at radius 1 is 1.26 bits per heavy atom. The van der Waals surface area contributed by atoms with Crippen molar-refractivity contribution in [3.05, 3.63) is 33.3 Å². The molecule has 0 saturated heterocycles. The Balaban J connectivity index is 2.32. The van der Waals surface area contributed by atoms with Crippen molar-refractivity contribution in [2.24, 2.45) is 0 Å². The lowest BCUT2D eigenvalue weighted by atomic mass is 10.1. The van der Waals surface area contributed by atoms with Crippen LogP contribution in [0.2, 0.25) is 0 Å². The van der Waals surface area contributed by atoms with Crippen molar-refractivity contribution < 1.29 is 19.0 Å². The van der Waals surface area contributed by atoms with E-state index in [1.54, 1.807) is 19.1 Å². The Morgan fingerprint density at radius 3 is 2.37 bits per heavy atom. The maximum atomic E-state index is 12.7. The van der Waals surface area contributed by atoms with Crippen molar-refractivity contribution in [1.82, 2.24) is 10.3 Å². The number of benzene rings is 1. The normalized spacial score (nSPS) is 11.4. The van der Waals surface area contributed by atoms with E-state index >= 15 is 0 Å². The maximum absolute atomic E-state index is 12.7. The van der Waals surface area contributed by atoms with Gasteiger partial charge in [0.15, 0.2) is 11.5 Å². The summed E-state index contributed by atoms with van der Waals surface area (Å²) in [5.74, 6) is 0.933. The number of aryl methyl sites for hydroxylation is 2. The summed E-state index contributed by atoms with van der Waals surface area (Å²) in [6.07, 6.45) is 1.79. The van der Waals surface area contributed by atoms with Crippen LogP contribution in [0.25, 0.3) is 0 Å². The molecule has 1 N–H and O–H groups in total. The monoisotopic (exact) mass is 389 g/mol. The topological polar surface area (TPSA) is 93.5 Å². The van der Waals surface area contributed by atoms with Crippen molar-refractivity contribution in [2.75, 3.05) is 21.3 Å². The van der Waals surface area contributed by atoms with Crippen molar-refractivity contribution in [1.29, 1.82) is 5.26 Å². The number of thiazole rings is 1. The molecule has 2 aromatic rings. The molecule has 0 bridgehead atoms. The second-order valence-corrected chi connectivity index (χ2v) is 6.85. The van der Waals surface area contributed by atoms with Gasteiger partial charge in [0.1, 0.15) is 10.9 Å². The van der Waals surface area contributed by atoms with E-state index in [4.69, 9.17) is 14.2 Å². The molecule has 1 atom stereocenters. The number of nitriles is 1. The summed E-state index contributed by atoms with van der Waals surface area (Å²) >= 11 is 1.36. The Kier molecular flexibility index (Phi) is 7.02. The van der Waals surface area contributed by atoms with Gasteiger partial charge in [-0.1, -0.05) is 6.92 Å². The minimum atomic E-state index is -0.873. The number of aromatic nitrogens is 1. The molecular weight excluding hydrogens is 366 g/mol. The zero-order valence-corrected chi connectivity index (χ0v) is 16.9. The second-order valence-electron chi connectivity index (χ2n) is 5.77. The number of nitrogens with zero attached hydrogens (tertiary/aromatic N) is 2. The molecule has 1 aromatic heterocycles. The summed E-state index contributed by atoms with van der Waals surface area (Å²) in [6.45, 7) is 3.86. The number of carbonyl (C=O) groups is 1. The molecule has 1 aromatic carbocycles. The molecule has 7 nitrogen and oxygen atoms in total. The first-order valence-corrected chi connectivity index (χ1v) is 9.27. The van der Waals surface area contributed by atoms with Crippen molar-refractivity contribution in [3.8, 4) is 23.3 Å². The summed E-state index contributed by atoms with van der Waals surface area (Å²) in [5, 5.41) is 13.3. The molecule has 1 heterocycles. The smallest absolute Gasteiger partial charge is 0.264 e. The summed E-state index contributed by atoms with van der Waals surface area (Å²) in [4.78, 5) is 17.6. The third kappa shape index (κ3) is 4.49. The predicted molar refractivity (Wildman–Crippen MR) is 103 cm³/mol. The molecule has 0 fully saturated rings. The third-order valence-corrected chi connectivity index (χ3v) is 5.15. The molecular formula is C19H23N3O4S. The number of amides is 1. The van der Waals surface area contributed by atoms with Gasteiger partial charge in [-0.25, -0.2) is 4.98 Å². The molecule has 0 spiro atoms. The Labute approximate surface area is 162 Å². The lowest BCUT2D eigenvalue weighted by Crippen LogP contribution is -2.27. The zero-order chi connectivity index (χ0) is 20.0. The van der Waals surface area contributed by atoms with Gasteiger partial charge in [0.25, 0.3) is 5.91 Å². The highest BCUT2D eigenvalue weighted by molar-refractivity contribution is 7.13. The molecule has 0 radical (unpaired) electrons. The van der Waals surface area contributed by atoms with E-state index in [1.165, 1.54) is 32.7 Å². The van der Waals surface area contributed by atoms with Gasteiger partial charge in [0.2, 0.25) is 5.75 Å². The second kappa shape index (κ2) is 9.24. The fourth-order valence-electron chi connectivity index (χ4n) is 2.64. The van der Waals surface area contributed by atoms with Crippen LogP contribution in [-0.4, -0.2) is 32.2 Å². The molecule has 0 aliphatic heterocycles. The summed E-state index contributed by atoms with van der Waals surface area (Å²) in [5.41, 5.74) is 1.21. The molecule has 8 heteroatoms. The molecule has 2 rings (SSSR count). The van der Waals surface area contributed by atoms with E-state index in [0.717, 1.165) is 17.8 Å². The van der Waals surface area contributed by atoms with Crippen molar-refractivity contribution >= 4 is 17.2 Å². The molecule has 1 unspecified atom stereocenters. The van der Waals surface area contributed by atoms with E-state index in [-0.39, 0.29) is 5.91 Å². The van der Waals surface area contributed by atoms with Gasteiger partial charge in [0.05, 0.1) is 38.1 Å². The molecule has 0 aliphatic carbocycles. The van der Waals surface area contributed by atoms with Crippen LogP contribution in [0, 0.1) is 18.3 Å². The maximum Gasteiger partial charge on any atom is 0.264 e. The van der Waals surface area contributed by atoms with Gasteiger partial charge in [-0.05, 0) is 37.5 Å². The highest BCUT2D eigenvalue weighted by Gasteiger charge is 2.23. The summed E-state index contributed by atoms with van der Waals surface area (Å²) in [7, 11) is 4.50. The third-order valence-electron chi connectivity index (χ3n) is 3.94. The van der Waals surface area contributed by atoms with Crippen LogP contribution in [0.3, 0.4) is 0 Å².